The van der Waals surface area contributed by atoms with Gasteiger partial charge in [0, 0.05) is 18.0 Å². The van der Waals surface area contributed by atoms with E-state index in [9.17, 15) is 0 Å². The monoisotopic (exact) mass is 211 g/mol. The fourth-order valence-electron chi connectivity index (χ4n) is 1.18. The predicted molar refractivity (Wildman–Crippen MR) is 61.6 cm³/mol. The van der Waals surface area contributed by atoms with Crippen LogP contribution in [0.5, 0.6) is 0 Å². The van der Waals surface area contributed by atoms with E-state index in [0.29, 0.717) is 6.54 Å². The van der Waals surface area contributed by atoms with Gasteiger partial charge in [0.1, 0.15) is 0 Å². The maximum atomic E-state index is 8.59. The molecule has 14 heavy (non-hydrogen) atoms. The lowest BCUT2D eigenvalue weighted by molar-refractivity contribution is 0.292. The SMILES string of the molecule is CCSc1ccc(CNCCO)cc1. The van der Waals surface area contributed by atoms with E-state index in [1.54, 1.807) is 0 Å². The molecule has 0 atom stereocenters. The molecule has 1 aromatic rings. The highest BCUT2D eigenvalue weighted by atomic mass is 32.2. The molecule has 3 heteroatoms. The Morgan fingerprint density at radius 3 is 2.57 bits per heavy atom. The van der Waals surface area contributed by atoms with Gasteiger partial charge in [-0.25, -0.2) is 0 Å². The van der Waals surface area contributed by atoms with E-state index in [1.807, 2.05) is 11.8 Å². The number of hydrogen-bond acceptors (Lipinski definition) is 3. The highest BCUT2D eigenvalue weighted by Crippen LogP contribution is 2.17. The smallest absolute Gasteiger partial charge is 0.0556 e. The number of thioether (sulfide) groups is 1. The van der Waals surface area contributed by atoms with E-state index in [4.69, 9.17) is 5.11 Å². The van der Waals surface area contributed by atoms with Crippen molar-refractivity contribution in [2.75, 3.05) is 18.9 Å². The predicted octanol–water partition coefficient (Wildman–Crippen LogP) is 1.88. The molecule has 0 saturated carbocycles. The zero-order valence-electron chi connectivity index (χ0n) is 8.49. The summed E-state index contributed by atoms with van der Waals surface area (Å²) in [6, 6.07) is 8.54. The molecule has 0 fully saturated rings. The lowest BCUT2D eigenvalue weighted by atomic mass is 10.2. The summed E-state index contributed by atoms with van der Waals surface area (Å²) in [7, 11) is 0. The van der Waals surface area contributed by atoms with Gasteiger partial charge in [-0.1, -0.05) is 19.1 Å². The molecule has 0 aromatic heterocycles. The van der Waals surface area contributed by atoms with Crippen molar-refractivity contribution in [1.82, 2.24) is 5.32 Å². The van der Waals surface area contributed by atoms with Gasteiger partial charge in [-0.2, -0.15) is 0 Å². The van der Waals surface area contributed by atoms with Crippen LogP contribution in [-0.2, 0) is 6.54 Å². The summed E-state index contributed by atoms with van der Waals surface area (Å²) in [6.45, 7) is 3.84. The third-order valence-electron chi connectivity index (χ3n) is 1.85. The molecule has 0 saturated heterocycles. The molecule has 0 spiro atoms. The van der Waals surface area contributed by atoms with Crippen molar-refractivity contribution >= 4 is 11.8 Å². The largest absolute Gasteiger partial charge is 0.395 e. The Bertz CT molecular complexity index is 248. The van der Waals surface area contributed by atoms with Crippen molar-refractivity contribution in [2.24, 2.45) is 0 Å². The minimum atomic E-state index is 0.198. The Balaban J connectivity index is 2.38. The minimum absolute atomic E-state index is 0.198. The van der Waals surface area contributed by atoms with Gasteiger partial charge in [0.2, 0.25) is 0 Å². The van der Waals surface area contributed by atoms with Gasteiger partial charge >= 0.3 is 0 Å². The molecule has 1 rings (SSSR count). The van der Waals surface area contributed by atoms with E-state index in [1.165, 1.54) is 10.5 Å². The van der Waals surface area contributed by atoms with E-state index in [2.05, 4.69) is 36.5 Å². The van der Waals surface area contributed by atoms with Crippen LogP contribution in [0.2, 0.25) is 0 Å². The Morgan fingerprint density at radius 2 is 2.00 bits per heavy atom. The van der Waals surface area contributed by atoms with E-state index in [-0.39, 0.29) is 6.61 Å². The summed E-state index contributed by atoms with van der Waals surface area (Å²) < 4.78 is 0. The maximum Gasteiger partial charge on any atom is 0.0556 e. The van der Waals surface area contributed by atoms with Gasteiger partial charge in [-0.15, -0.1) is 11.8 Å². The summed E-state index contributed by atoms with van der Waals surface area (Å²) in [5.74, 6) is 1.11. The molecular weight excluding hydrogens is 194 g/mol. The number of aliphatic hydroxyl groups excluding tert-OH is 1. The first-order chi connectivity index (χ1) is 6.86. The van der Waals surface area contributed by atoms with Gasteiger partial charge in [-0.3, -0.25) is 0 Å². The van der Waals surface area contributed by atoms with Crippen molar-refractivity contribution in [3.8, 4) is 0 Å². The standard InChI is InChI=1S/C11H17NOS/c1-2-14-11-5-3-10(4-6-11)9-12-7-8-13/h3-6,12-13H,2,7-9H2,1H3. The topological polar surface area (TPSA) is 32.3 Å². The fraction of sp³-hybridized carbons (Fsp3) is 0.455. The maximum absolute atomic E-state index is 8.59. The van der Waals surface area contributed by atoms with E-state index in [0.717, 1.165) is 12.3 Å². The molecule has 0 aliphatic carbocycles. The molecule has 0 bridgehead atoms. The van der Waals surface area contributed by atoms with Crippen molar-refractivity contribution in [3.63, 3.8) is 0 Å². The first-order valence-corrected chi connectivity index (χ1v) is 5.88. The molecular formula is C11H17NOS. The van der Waals surface area contributed by atoms with Crippen molar-refractivity contribution < 1.29 is 5.11 Å². The van der Waals surface area contributed by atoms with Crippen LogP contribution in [0, 0.1) is 0 Å². The summed E-state index contributed by atoms with van der Waals surface area (Å²) >= 11 is 1.85. The van der Waals surface area contributed by atoms with E-state index < -0.39 is 0 Å². The highest BCUT2D eigenvalue weighted by Gasteiger charge is 1.93. The van der Waals surface area contributed by atoms with E-state index >= 15 is 0 Å². The third-order valence-corrected chi connectivity index (χ3v) is 2.75. The Morgan fingerprint density at radius 1 is 1.29 bits per heavy atom. The van der Waals surface area contributed by atoms with Crippen LogP contribution in [0.25, 0.3) is 0 Å². The average molecular weight is 211 g/mol. The highest BCUT2D eigenvalue weighted by molar-refractivity contribution is 7.99. The molecule has 0 radical (unpaired) electrons. The first-order valence-electron chi connectivity index (χ1n) is 4.90. The number of aliphatic hydroxyl groups is 1. The first kappa shape index (κ1) is 11.6. The normalized spacial score (nSPS) is 10.4. The molecule has 78 valence electrons. The molecule has 0 heterocycles. The van der Waals surface area contributed by atoms with Crippen LogP contribution in [0.3, 0.4) is 0 Å². The van der Waals surface area contributed by atoms with Gasteiger partial charge < -0.3 is 10.4 Å². The zero-order chi connectivity index (χ0) is 10.2. The van der Waals surface area contributed by atoms with Crippen molar-refractivity contribution in [3.05, 3.63) is 29.8 Å². The molecule has 0 aliphatic rings. The molecule has 1 aromatic carbocycles. The van der Waals surface area contributed by atoms with Crippen LogP contribution in [0.15, 0.2) is 29.2 Å². The minimum Gasteiger partial charge on any atom is -0.395 e. The lowest BCUT2D eigenvalue weighted by Gasteiger charge is -2.04. The van der Waals surface area contributed by atoms with Crippen LogP contribution in [0.1, 0.15) is 12.5 Å². The molecule has 2 nitrogen and oxygen atoms in total. The Labute approximate surface area is 89.7 Å². The van der Waals surface area contributed by atoms with Crippen LogP contribution >= 0.6 is 11.8 Å². The Kier molecular flexibility index (Phi) is 5.68. The van der Waals surface area contributed by atoms with Crippen molar-refractivity contribution in [1.29, 1.82) is 0 Å². The van der Waals surface area contributed by atoms with Gasteiger partial charge in [-0.05, 0) is 23.4 Å². The Hall–Kier alpha value is -0.510. The van der Waals surface area contributed by atoms with Gasteiger partial charge in [0.05, 0.1) is 6.61 Å². The summed E-state index contributed by atoms with van der Waals surface area (Å²) in [5.41, 5.74) is 1.26. The molecule has 2 N–H and O–H groups in total. The second-order valence-electron chi connectivity index (χ2n) is 2.98. The van der Waals surface area contributed by atoms with Crippen LogP contribution in [0.4, 0.5) is 0 Å². The van der Waals surface area contributed by atoms with Gasteiger partial charge in [0.25, 0.3) is 0 Å². The molecule has 0 amide bonds. The summed E-state index contributed by atoms with van der Waals surface area (Å²) in [6.07, 6.45) is 0. The summed E-state index contributed by atoms with van der Waals surface area (Å²) in [4.78, 5) is 1.32. The van der Waals surface area contributed by atoms with Crippen molar-refractivity contribution in [2.45, 2.75) is 18.4 Å². The van der Waals surface area contributed by atoms with Gasteiger partial charge in [0.15, 0.2) is 0 Å². The molecule has 0 unspecified atom stereocenters. The quantitative estimate of drug-likeness (QED) is 0.556. The number of hydrogen-bond donors (Lipinski definition) is 2. The number of nitrogens with one attached hydrogen (secondary N) is 1. The fourth-order valence-corrected chi connectivity index (χ4v) is 1.84. The van der Waals surface area contributed by atoms with Crippen LogP contribution < -0.4 is 5.32 Å². The third kappa shape index (κ3) is 4.13. The number of rotatable bonds is 6. The summed E-state index contributed by atoms with van der Waals surface area (Å²) in [5, 5.41) is 11.7. The zero-order valence-corrected chi connectivity index (χ0v) is 9.31. The lowest BCUT2D eigenvalue weighted by Crippen LogP contribution is -2.17. The number of benzene rings is 1. The van der Waals surface area contributed by atoms with Crippen LogP contribution in [-0.4, -0.2) is 24.0 Å². The average Bonchev–Trinajstić information content (AvgIpc) is 2.21. The molecule has 0 aliphatic heterocycles. The second kappa shape index (κ2) is 6.87. The second-order valence-corrected chi connectivity index (χ2v) is 4.31.